The summed E-state index contributed by atoms with van der Waals surface area (Å²) < 4.78 is 2.51. The summed E-state index contributed by atoms with van der Waals surface area (Å²) in [5.41, 5.74) is 1.78. The molecule has 3 nitrogen and oxygen atoms in total. The van der Waals surface area contributed by atoms with E-state index in [-0.39, 0.29) is 5.28 Å². The molecule has 0 aliphatic carbocycles. The van der Waals surface area contributed by atoms with E-state index in [9.17, 15) is 0 Å². The van der Waals surface area contributed by atoms with Crippen LogP contribution in [0.25, 0.3) is 5.52 Å². The fourth-order valence-electron chi connectivity index (χ4n) is 1.10. The molecule has 0 spiro atoms. The number of rotatable bonds is 0. The number of hydrogen-bond acceptors (Lipinski definition) is 2. The van der Waals surface area contributed by atoms with Crippen LogP contribution in [0.4, 0.5) is 0 Å². The van der Waals surface area contributed by atoms with Crippen LogP contribution in [0.1, 0.15) is 5.56 Å². The van der Waals surface area contributed by atoms with E-state index in [4.69, 9.17) is 23.2 Å². The first-order chi connectivity index (χ1) is 6.09. The summed E-state index contributed by atoms with van der Waals surface area (Å²) in [6.45, 7) is 1.95. The number of fused-ring (bicyclic) bond motifs is 1. The number of nitrogens with zero attached hydrogens (tertiary/aromatic N) is 3. The molecule has 0 amide bonds. The summed E-state index contributed by atoms with van der Waals surface area (Å²) in [5, 5.41) is 4.46. The molecule has 0 fully saturated rings. The molecule has 0 bridgehead atoms. The Labute approximate surface area is 92.8 Å². The first-order valence-electron chi connectivity index (χ1n) is 3.46. The zero-order chi connectivity index (χ0) is 9.59. The molecule has 2 heterocycles. The van der Waals surface area contributed by atoms with Crippen LogP contribution in [0.3, 0.4) is 0 Å². The summed E-state index contributed by atoms with van der Waals surface area (Å²) in [4.78, 5) is 3.84. The van der Waals surface area contributed by atoms with Crippen molar-refractivity contribution in [1.29, 1.82) is 0 Å². The topological polar surface area (TPSA) is 30.2 Å². The molecule has 0 saturated carbocycles. The standard InChI is InChI=1S/C7H4BrCl2N3/c1-3-2-13-5(4(3)8)6(9)11-7(10)12-13/h2H,1H3. The van der Waals surface area contributed by atoms with Crippen molar-refractivity contribution < 1.29 is 0 Å². The van der Waals surface area contributed by atoms with E-state index in [1.807, 2.05) is 13.1 Å². The van der Waals surface area contributed by atoms with E-state index < -0.39 is 0 Å². The van der Waals surface area contributed by atoms with Crippen molar-refractivity contribution in [3.63, 3.8) is 0 Å². The largest absolute Gasteiger partial charge is 0.242 e. The first-order valence-corrected chi connectivity index (χ1v) is 5.01. The van der Waals surface area contributed by atoms with Gasteiger partial charge in [0.2, 0.25) is 5.28 Å². The molecule has 13 heavy (non-hydrogen) atoms. The van der Waals surface area contributed by atoms with Crippen molar-refractivity contribution >= 4 is 44.6 Å². The second-order valence-corrected chi connectivity index (χ2v) is 4.08. The number of hydrogen-bond donors (Lipinski definition) is 0. The lowest BCUT2D eigenvalue weighted by Gasteiger charge is -1.96. The lowest BCUT2D eigenvalue weighted by Crippen LogP contribution is -1.93. The molecule has 0 aromatic carbocycles. The highest BCUT2D eigenvalue weighted by Crippen LogP contribution is 2.28. The zero-order valence-electron chi connectivity index (χ0n) is 6.55. The Kier molecular flexibility index (Phi) is 2.21. The lowest BCUT2D eigenvalue weighted by atomic mass is 10.4. The van der Waals surface area contributed by atoms with E-state index >= 15 is 0 Å². The monoisotopic (exact) mass is 279 g/mol. The van der Waals surface area contributed by atoms with Gasteiger partial charge in [-0.3, -0.25) is 0 Å². The van der Waals surface area contributed by atoms with Crippen LogP contribution in [0, 0.1) is 6.92 Å². The number of halogens is 3. The van der Waals surface area contributed by atoms with Crippen LogP contribution in [-0.4, -0.2) is 14.6 Å². The predicted molar refractivity (Wildman–Crippen MR) is 55.4 cm³/mol. The van der Waals surface area contributed by atoms with Crippen molar-refractivity contribution in [1.82, 2.24) is 14.6 Å². The van der Waals surface area contributed by atoms with Gasteiger partial charge in [-0.2, -0.15) is 0 Å². The van der Waals surface area contributed by atoms with Crippen LogP contribution in [-0.2, 0) is 0 Å². The Balaban J connectivity index is 2.94. The maximum Gasteiger partial charge on any atom is 0.242 e. The lowest BCUT2D eigenvalue weighted by molar-refractivity contribution is 0.901. The second-order valence-electron chi connectivity index (χ2n) is 2.59. The summed E-state index contributed by atoms with van der Waals surface area (Å²) in [5.74, 6) is 0. The fourth-order valence-corrected chi connectivity index (χ4v) is 2.16. The molecule has 0 N–H and O–H groups in total. The van der Waals surface area contributed by atoms with Crippen molar-refractivity contribution in [2.45, 2.75) is 6.92 Å². The fraction of sp³-hybridized carbons (Fsp3) is 0.143. The molecule has 6 heteroatoms. The molecule has 2 aromatic heterocycles. The molecule has 2 rings (SSSR count). The molecule has 0 radical (unpaired) electrons. The van der Waals surface area contributed by atoms with Crippen molar-refractivity contribution in [2.75, 3.05) is 0 Å². The summed E-state index contributed by atoms with van der Waals surface area (Å²) >= 11 is 14.9. The van der Waals surface area contributed by atoms with Crippen LogP contribution < -0.4 is 0 Å². The van der Waals surface area contributed by atoms with Crippen LogP contribution >= 0.6 is 39.1 Å². The van der Waals surface area contributed by atoms with E-state index in [0.717, 1.165) is 15.6 Å². The van der Waals surface area contributed by atoms with E-state index in [1.54, 1.807) is 4.52 Å². The van der Waals surface area contributed by atoms with Gasteiger partial charge >= 0.3 is 0 Å². The number of aryl methyl sites for hydroxylation is 1. The quantitative estimate of drug-likeness (QED) is 0.742. The molecular formula is C7H4BrCl2N3. The van der Waals surface area contributed by atoms with Crippen LogP contribution in [0.2, 0.25) is 10.4 Å². The highest BCUT2D eigenvalue weighted by Gasteiger charge is 2.11. The van der Waals surface area contributed by atoms with Crippen molar-refractivity contribution in [3.8, 4) is 0 Å². The Morgan fingerprint density at radius 1 is 1.46 bits per heavy atom. The van der Waals surface area contributed by atoms with E-state index in [1.165, 1.54) is 0 Å². The minimum absolute atomic E-state index is 0.139. The molecule has 0 saturated heterocycles. The summed E-state index contributed by atoms with van der Waals surface area (Å²) in [6.07, 6.45) is 1.83. The van der Waals surface area contributed by atoms with Gasteiger partial charge in [0.05, 0.1) is 4.47 Å². The molecule has 68 valence electrons. The Bertz CT molecular complexity index is 480. The van der Waals surface area contributed by atoms with Gasteiger partial charge in [-0.05, 0) is 40.0 Å². The third-order valence-corrected chi connectivity index (χ3v) is 3.10. The Hall–Kier alpha value is -0.320. The van der Waals surface area contributed by atoms with Gasteiger partial charge in [-0.15, -0.1) is 5.10 Å². The SMILES string of the molecule is Cc1cn2nc(Cl)nc(Cl)c2c1Br. The predicted octanol–water partition coefficient (Wildman–Crippen LogP) is 3.11. The highest BCUT2D eigenvalue weighted by molar-refractivity contribution is 9.10. The summed E-state index contributed by atoms with van der Waals surface area (Å²) in [6, 6.07) is 0. The summed E-state index contributed by atoms with van der Waals surface area (Å²) in [7, 11) is 0. The smallest absolute Gasteiger partial charge is 0.233 e. The van der Waals surface area contributed by atoms with Gasteiger partial charge in [-0.1, -0.05) is 11.6 Å². The first kappa shape index (κ1) is 9.24. The van der Waals surface area contributed by atoms with E-state index in [2.05, 4.69) is 26.0 Å². The molecule has 0 aliphatic rings. The minimum Gasteiger partial charge on any atom is -0.233 e. The van der Waals surface area contributed by atoms with Crippen molar-refractivity contribution in [3.05, 3.63) is 26.7 Å². The third-order valence-electron chi connectivity index (χ3n) is 1.68. The van der Waals surface area contributed by atoms with Gasteiger partial charge < -0.3 is 0 Å². The highest BCUT2D eigenvalue weighted by atomic mass is 79.9. The number of aromatic nitrogens is 3. The molecule has 0 unspecified atom stereocenters. The van der Waals surface area contributed by atoms with E-state index in [0.29, 0.717) is 5.15 Å². The molecule has 0 aliphatic heterocycles. The molecular weight excluding hydrogens is 277 g/mol. The maximum absolute atomic E-state index is 5.89. The van der Waals surface area contributed by atoms with Crippen molar-refractivity contribution in [2.24, 2.45) is 0 Å². The Morgan fingerprint density at radius 2 is 2.15 bits per heavy atom. The van der Waals surface area contributed by atoms with Crippen LogP contribution in [0.15, 0.2) is 10.7 Å². The third kappa shape index (κ3) is 1.43. The minimum atomic E-state index is 0.139. The normalized spacial score (nSPS) is 11.1. The molecule has 2 aromatic rings. The maximum atomic E-state index is 5.89. The zero-order valence-corrected chi connectivity index (χ0v) is 9.65. The Morgan fingerprint density at radius 3 is 2.85 bits per heavy atom. The molecule has 0 atom stereocenters. The van der Waals surface area contributed by atoms with Gasteiger partial charge in [0.15, 0.2) is 5.15 Å². The van der Waals surface area contributed by atoms with Gasteiger partial charge in [0.25, 0.3) is 0 Å². The average Bonchev–Trinajstić information content (AvgIpc) is 2.27. The second kappa shape index (κ2) is 3.12. The van der Waals surface area contributed by atoms with Gasteiger partial charge in [-0.25, -0.2) is 9.50 Å². The average molecular weight is 281 g/mol. The van der Waals surface area contributed by atoms with Crippen LogP contribution in [0.5, 0.6) is 0 Å². The van der Waals surface area contributed by atoms with Gasteiger partial charge in [0, 0.05) is 6.20 Å². The van der Waals surface area contributed by atoms with Gasteiger partial charge in [0.1, 0.15) is 5.52 Å².